The summed E-state index contributed by atoms with van der Waals surface area (Å²) in [6.07, 6.45) is 0.572. The van der Waals surface area contributed by atoms with E-state index in [4.69, 9.17) is 5.11 Å². The highest BCUT2D eigenvalue weighted by Crippen LogP contribution is 2.13. The van der Waals surface area contributed by atoms with Crippen LogP contribution < -0.4 is 5.32 Å². The lowest BCUT2D eigenvalue weighted by Gasteiger charge is -2.07. The van der Waals surface area contributed by atoms with Gasteiger partial charge in [-0.3, -0.25) is 4.79 Å². The van der Waals surface area contributed by atoms with Crippen LogP contribution >= 0.6 is 0 Å². The molecule has 3 nitrogen and oxygen atoms in total. The van der Waals surface area contributed by atoms with Crippen molar-refractivity contribution in [3.63, 3.8) is 0 Å². The first-order chi connectivity index (χ1) is 9.69. The topological polar surface area (TPSA) is 49.3 Å². The predicted molar refractivity (Wildman–Crippen MR) is 75.7 cm³/mol. The molecule has 0 spiro atoms. The molecule has 0 saturated heterocycles. The minimum atomic E-state index is -0.289. The lowest BCUT2D eigenvalue weighted by molar-refractivity contribution is -0.116. The third kappa shape index (κ3) is 3.90. The number of hydrogen-bond donors (Lipinski definition) is 2. The van der Waals surface area contributed by atoms with Gasteiger partial charge in [0.15, 0.2) is 0 Å². The fraction of sp³-hybridized carbons (Fsp3) is 0.188. The number of aryl methyl sites for hydroxylation is 1. The summed E-state index contributed by atoms with van der Waals surface area (Å²) in [7, 11) is 0. The van der Waals surface area contributed by atoms with Crippen LogP contribution in [-0.4, -0.2) is 11.0 Å². The second-order valence-corrected chi connectivity index (χ2v) is 4.50. The third-order valence-corrected chi connectivity index (χ3v) is 2.97. The second kappa shape index (κ2) is 6.82. The molecule has 0 atom stereocenters. The van der Waals surface area contributed by atoms with Gasteiger partial charge in [0.1, 0.15) is 5.82 Å². The first-order valence-corrected chi connectivity index (χ1v) is 6.42. The Morgan fingerprint density at radius 3 is 2.70 bits per heavy atom. The smallest absolute Gasteiger partial charge is 0.224 e. The van der Waals surface area contributed by atoms with Gasteiger partial charge >= 0.3 is 0 Å². The Labute approximate surface area is 117 Å². The molecule has 4 heteroatoms. The standard InChI is InChI=1S/C16H16FNO2/c17-15-7-2-1-5-13(15)8-9-16(20)18-14-6-3-4-12(10-14)11-19/h1-7,10,19H,8-9,11H2,(H,18,20). The van der Waals surface area contributed by atoms with E-state index in [1.807, 2.05) is 0 Å². The fourth-order valence-electron chi connectivity index (χ4n) is 1.92. The molecular formula is C16H16FNO2. The van der Waals surface area contributed by atoms with Crippen molar-refractivity contribution in [1.82, 2.24) is 0 Å². The summed E-state index contributed by atoms with van der Waals surface area (Å²) >= 11 is 0. The van der Waals surface area contributed by atoms with E-state index in [0.29, 0.717) is 17.7 Å². The van der Waals surface area contributed by atoms with Crippen molar-refractivity contribution in [2.45, 2.75) is 19.4 Å². The monoisotopic (exact) mass is 273 g/mol. The molecule has 0 bridgehead atoms. The molecule has 0 aliphatic heterocycles. The van der Waals surface area contributed by atoms with Gasteiger partial charge in [0.2, 0.25) is 5.91 Å². The van der Waals surface area contributed by atoms with Gasteiger partial charge in [0.05, 0.1) is 6.61 Å². The van der Waals surface area contributed by atoms with E-state index in [0.717, 1.165) is 5.56 Å². The molecule has 0 aliphatic rings. The van der Waals surface area contributed by atoms with Gasteiger partial charge in [0.25, 0.3) is 0 Å². The molecule has 0 aliphatic carbocycles. The van der Waals surface area contributed by atoms with E-state index < -0.39 is 0 Å². The van der Waals surface area contributed by atoms with Gasteiger partial charge in [-0.2, -0.15) is 0 Å². The number of hydrogen-bond acceptors (Lipinski definition) is 2. The lowest BCUT2D eigenvalue weighted by Crippen LogP contribution is -2.12. The molecule has 2 rings (SSSR count). The summed E-state index contributed by atoms with van der Waals surface area (Å²) in [6.45, 7) is -0.0705. The van der Waals surface area contributed by atoms with E-state index in [-0.39, 0.29) is 24.8 Å². The zero-order valence-electron chi connectivity index (χ0n) is 11.0. The Morgan fingerprint density at radius 1 is 1.15 bits per heavy atom. The highest BCUT2D eigenvalue weighted by molar-refractivity contribution is 5.90. The molecule has 0 heterocycles. The third-order valence-electron chi connectivity index (χ3n) is 2.97. The summed E-state index contributed by atoms with van der Waals surface area (Å²) in [5, 5.41) is 11.8. The molecule has 2 N–H and O–H groups in total. The van der Waals surface area contributed by atoms with Crippen molar-refractivity contribution in [2.75, 3.05) is 5.32 Å². The van der Waals surface area contributed by atoms with Gasteiger partial charge in [0, 0.05) is 12.1 Å². The van der Waals surface area contributed by atoms with Gasteiger partial charge in [-0.1, -0.05) is 30.3 Å². The van der Waals surface area contributed by atoms with Crippen molar-refractivity contribution >= 4 is 11.6 Å². The van der Waals surface area contributed by atoms with Gasteiger partial charge in [-0.25, -0.2) is 4.39 Å². The molecule has 0 saturated carbocycles. The number of rotatable bonds is 5. The number of amides is 1. The van der Waals surface area contributed by atoms with Crippen molar-refractivity contribution in [1.29, 1.82) is 0 Å². The van der Waals surface area contributed by atoms with Crippen LogP contribution in [-0.2, 0) is 17.8 Å². The molecule has 0 fully saturated rings. The Kier molecular flexibility index (Phi) is 4.85. The molecule has 0 radical (unpaired) electrons. The normalized spacial score (nSPS) is 10.3. The van der Waals surface area contributed by atoms with Gasteiger partial charge in [-0.15, -0.1) is 0 Å². The van der Waals surface area contributed by atoms with Crippen molar-refractivity contribution in [3.05, 3.63) is 65.5 Å². The van der Waals surface area contributed by atoms with Crippen LogP contribution in [0.15, 0.2) is 48.5 Å². The zero-order valence-corrected chi connectivity index (χ0v) is 11.0. The molecule has 1 amide bonds. The zero-order chi connectivity index (χ0) is 14.4. The number of aliphatic hydroxyl groups excluding tert-OH is 1. The number of aliphatic hydroxyl groups is 1. The van der Waals surface area contributed by atoms with Crippen LogP contribution in [0.4, 0.5) is 10.1 Å². The van der Waals surface area contributed by atoms with Crippen LogP contribution in [0.3, 0.4) is 0 Å². The number of halogens is 1. The summed E-state index contributed by atoms with van der Waals surface area (Å²) in [5.74, 6) is -0.467. The quantitative estimate of drug-likeness (QED) is 0.880. The maximum Gasteiger partial charge on any atom is 0.224 e. The summed E-state index contributed by atoms with van der Waals surface area (Å²) in [5.41, 5.74) is 1.90. The van der Waals surface area contributed by atoms with E-state index in [1.165, 1.54) is 6.07 Å². The molecule has 2 aromatic carbocycles. The maximum absolute atomic E-state index is 13.4. The second-order valence-electron chi connectivity index (χ2n) is 4.50. The Balaban J connectivity index is 1.91. The molecule has 104 valence electrons. The fourth-order valence-corrected chi connectivity index (χ4v) is 1.92. The van der Waals surface area contributed by atoms with Gasteiger partial charge in [-0.05, 0) is 35.7 Å². The first-order valence-electron chi connectivity index (χ1n) is 6.42. The molecular weight excluding hydrogens is 257 g/mol. The summed E-state index contributed by atoms with van der Waals surface area (Å²) in [6, 6.07) is 13.4. The van der Waals surface area contributed by atoms with Crippen LogP contribution in [0, 0.1) is 5.82 Å². The highest BCUT2D eigenvalue weighted by atomic mass is 19.1. The maximum atomic E-state index is 13.4. The Bertz CT molecular complexity index is 599. The van der Waals surface area contributed by atoms with Gasteiger partial charge < -0.3 is 10.4 Å². The summed E-state index contributed by atoms with van der Waals surface area (Å²) < 4.78 is 13.4. The minimum absolute atomic E-state index is 0.0705. The van der Waals surface area contributed by atoms with Crippen LogP contribution in [0.1, 0.15) is 17.5 Å². The van der Waals surface area contributed by atoms with Crippen LogP contribution in [0.5, 0.6) is 0 Å². The van der Waals surface area contributed by atoms with E-state index in [2.05, 4.69) is 5.32 Å². The van der Waals surface area contributed by atoms with Crippen LogP contribution in [0.25, 0.3) is 0 Å². The van der Waals surface area contributed by atoms with E-state index in [9.17, 15) is 9.18 Å². The van der Waals surface area contributed by atoms with E-state index in [1.54, 1.807) is 42.5 Å². The summed E-state index contributed by atoms with van der Waals surface area (Å²) in [4.78, 5) is 11.8. The number of benzene rings is 2. The van der Waals surface area contributed by atoms with Crippen molar-refractivity contribution in [3.8, 4) is 0 Å². The Hall–Kier alpha value is -2.20. The molecule has 0 aromatic heterocycles. The largest absolute Gasteiger partial charge is 0.392 e. The molecule has 2 aromatic rings. The molecule has 20 heavy (non-hydrogen) atoms. The van der Waals surface area contributed by atoms with Crippen LogP contribution in [0.2, 0.25) is 0 Å². The minimum Gasteiger partial charge on any atom is -0.392 e. The highest BCUT2D eigenvalue weighted by Gasteiger charge is 2.06. The lowest BCUT2D eigenvalue weighted by atomic mass is 10.1. The van der Waals surface area contributed by atoms with Crippen molar-refractivity contribution in [2.24, 2.45) is 0 Å². The van der Waals surface area contributed by atoms with E-state index >= 15 is 0 Å². The number of nitrogens with one attached hydrogen (secondary N) is 1. The number of carbonyl (C=O) groups excluding carboxylic acids is 1. The number of anilines is 1. The Morgan fingerprint density at radius 2 is 1.95 bits per heavy atom. The first kappa shape index (κ1) is 14.2. The van der Waals surface area contributed by atoms with Crippen molar-refractivity contribution < 1.29 is 14.3 Å². The predicted octanol–water partition coefficient (Wildman–Crippen LogP) is 2.89. The average Bonchev–Trinajstić information content (AvgIpc) is 2.46. The number of carbonyl (C=O) groups is 1. The molecule has 0 unspecified atom stereocenters. The average molecular weight is 273 g/mol. The SMILES string of the molecule is O=C(CCc1ccccc1F)Nc1cccc(CO)c1.